The molecule has 7 atom stereocenters. The Balaban J connectivity index is 1.53. The highest BCUT2D eigenvalue weighted by Gasteiger charge is 2.82. The Kier molecular flexibility index (Phi) is 4.15. The number of hydrogen-bond acceptors (Lipinski definition) is 4. The minimum absolute atomic E-state index is 0.0746. The van der Waals surface area contributed by atoms with E-state index in [2.05, 4.69) is 39.1 Å². The zero-order valence-corrected chi connectivity index (χ0v) is 21.7. The molecule has 3 fully saturated rings. The molecular weight excluding hydrogens is 440 g/mol. The second kappa shape index (κ2) is 6.51. The second-order valence-electron chi connectivity index (χ2n) is 13.1. The zero-order chi connectivity index (χ0) is 24.6. The first-order valence-electron chi connectivity index (χ1n) is 13.4. The average molecular weight is 480 g/mol. The molecule has 2 heterocycles. The minimum Gasteiger partial charge on any atom is -0.485 e. The smallest absolute Gasteiger partial charge is 0.252 e. The molecule has 2 saturated carbocycles. The second-order valence-corrected chi connectivity index (χ2v) is 13.1. The maximum absolute atomic E-state index is 12.5. The van der Waals surface area contributed by atoms with Gasteiger partial charge in [-0.15, -0.1) is 0 Å². The Morgan fingerprint density at radius 3 is 2.69 bits per heavy atom. The highest BCUT2D eigenvalue weighted by molar-refractivity contribution is 5.97. The number of quaternary nitrogens is 1. The Morgan fingerprint density at radius 2 is 2.03 bits per heavy atom. The molecule has 35 heavy (non-hydrogen) atoms. The summed E-state index contributed by atoms with van der Waals surface area (Å²) in [7, 11) is 6.14. The van der Waals surface area contributed by atoms with Crippen molar-refractivity contribution in [2.75, 3.05) is 34.4 Å². The number of methoxy groups -OCH3 is 2. The number of ether oxygens (including phenoxy) is 3. The van der Waals surface area contributed by atoms with Crippen molar-refractivity contribution < 1.29 is 23.5 Å². The van der Waals surface area contributed by atoms with Gasteiger partial charge in [-0.3, -0.25) is 4.79 Å². The highest BCUT2D eigenvalue weighted by atomic mass is 16.6. The van der Waals surface area contributed by atoms with Crippen LogP contribution in [0.2, 0.25) is 0 Å². The Labute approximate surface area is 208 Å². The summed E-state index contributed by atoms with van der Waals surface area (Å²) in [6, 6.07) is 4.53. The lowest BCUT2D eigenvalue weighted by Gasteiger charge is -2.73. The summed E-state index contributed by atoms with van der Waals surface area (Å²) in [5.41, 5.74) is 7.69. The topological polar surface area (TPSA) is 70.8 Å². The van der Waals surface area contributed by atoms with E-state index in [1.807, 2.05) is 20.3 Å². The van der Waals surface area contributed by atoms with Gasteiger partial charge in [0.25, 0.3) is 5.91 Å². The van der Waals surface area contributed by atoms with E-state index in [0.717, 1.165) is 42.0 Å². The number of benzene rings is 1. The van der Waals surface area contributed by atoms with Gasteiger partial charge in [0.05, 0.1) is 42.1 Å². The van der Waals surface area contributed by atoms with Gasteiger partial charge in [-0.2, -0.15) is 0 Å². The molecule has 0 aromatic heterocycles. The fourth-order valence-electron chi connectivity index (χ4n) is 9.61. The number of carbonyl (C=O) groups is 1. The number of likely N-dealkylation sites (N-methyl/N-ethyl adjacent to an activating group) is 1. The maximum Gasteiger partial charge on any atom is 0.252 e. The van der Waals surface area contributed by atoms with Crippen LogP contribution in [-0.2, 0) is 21.3 Å². The Bertz CT molecular complexity index is 1170. The molecule has 2 spiro atoms. The van der Waals surface area contributed by atoms with E-state index in [1.54, 1.807) is 0 Å². The first kappa shape index (κ1) is 22.3. The first-order chi connectivity index (χ1) is 16.6. The molecule has 5 aliphatic carbocycles. The summed E-state index contributed by atoms with van der Waals surface area (Å²) in [5.74, 6) is 1.29. The fourth-order valence-corrected chi connectivity index (χ4v) is 9.61. The summed E-state index contributed by atoms with van der Waals surface area (Å²) in [6.07, 6.45) is 10.4. The molecule has 188 valence electrons. The van der Waals surface area contributed by atoms with E-state index >= 15 is 0 Å². The van der Waals surface area contributed by atoms with Crippen LogP contribution in [0.4, 0.5) is 0 Å². The standard InChI is InChI=1S/C29H38N2O4/c1-26(2,33-4)20-15-27-10-11-29(20,34-5)25-28(27)12-13-31(3,16-17-6-7-17)21(27)14-18-8-9-19(24(30)32)23(35-25)22(18)28/h8-11,17,20-21,25H,6-7,12-16H2,1-5H3,(H-,30,32)/p+1. The van der Waals surface area contributed by atoms with Crippen molar-refractivity contribution in [1.29, 1.82) is 0 Å². The number of nitrogens with two attached hydrogens (primary N) is 1. The average Bonchev–Trinajstić information content (AvgIpc) is 3.57. The molecule has 4 bridgehead atoms. The van der Waals surface area contributed by atoms with Gasteiger partial charge in [-0.25, -0.2) is 0 Å². The van der Waals surface area contributed by atoms with Gasteiger partial charge >= 0.3 is 0 Å². The molecule has 2 aliphatic heterocycles. The summed E-state index contributed by atoms with van der Waals surface area (Å²) < 4.78 is 20.8. The van der Waals surface area contributed by atoms with Gasteiger partial charge in [0.15, 0.2) is 0 Å². The van der Waals surface area contributed by atoms with Crippen molar-refractivity contribution >= 4 is 5.91 Å². The first-order valence-corrected chi connectivity index (χ1v) is 13.4. The van der Waals surface area contributed by atoms with Gasteiger partial charge in [0.2, 0.25) is 0 Å². The van der Waals surface area contributed by atoms with Crippen LogP contribution in [0.1, 0.15) is 61.0 Å². The van der Waals surface area contributed by atoms with Crippen LogP contribution in [0, 0.1) is 17.3 Å². The van der Waals surface area contributed by atoms with Crippen LogP contribution in [0.5, 0.6) is 5.75 Å². The monoisotopic (exact) mass is 479 g/mol. The van der Waals surface area contributed by atoms with Gasteiger partial charge < -0.3 is 24.4 Å². The van der Waals surface area contributed by atoms with Crippen LogP contribution < -0.4 is 10.5 Å². The lowest BCUT2D eigenvalue weighted by Crippen LogP contribution is -2.83. The zero-order valence-electron chi connectivity index (χ0n) is 21.7. The largest absolute Gasteiger partial charge is 0.485 e. The van der Waals surface area contributed by atoms with Crippen molar-refractivity contribution in [3.05, 3.63) is 41.0 Å². The van der Waals surface area contributed by atoms with Gasteiger partial charge in [0, 0.05) is 44.5 Å². The van der Waals surface area contributed by atoms with Crippen molar-refractivity contribution in [3.63, 3.8) is 0 Å². The van der Waals surface area contributed by atoms with Crippen molar-refractivity contribution in [1.82, 2.24) is 0 Å². The van der Waals surface area contributed by atoms with E-state index in [1.165, 1.54) is 30.5 Å². The molecule has 6 heteroatoms. The van der Waals surface area contributed by atoms with Crippen LogP contribution in [-0.4, -0.2) is 68.1 Å². The van der Waals surface area contributed by atoms with E-state index in [4.69, 9.17) is 19.9 Å². The fraction of sp³-hybridized carbons (Fsp3) is 0.690. The summed E-state index contributed by atoms with van der Waals surface area (Å²) in [4.78, 5) is 12.5. The molecular formula is C29H39N2O4+. The van der Waals surface area contributed by atoms with Gasteiger partial charge in [-0.05, 0) is 44.7 Å². The Morgan fingerprint density at radius 1 is 1.26 bits per heavy atom. The number of rotatable bonds is 6. The molecule has 6 nitrogen and oxygen atoms in total. The minimum atomic E-state index is -0.633. The van der Waals surface area contributed by atoms with Gasteiger partial charge in [-0.1, -0.05) is 18.2 Å². The molecule has 1 saturated heterocycles. The number of fused-ring (bicyclic) bond motifs is 1. The third-order valence-electron chi connectivity index (χ3n) is 11.5. The number of primary amides is 1. The third kappa shape index (κ3) is 2.36. The lowest BCUT2D eigenvalue weighted by atomic mass is 9.36. The molecule has 7 aliphatic rings. The molecule has 2 N–H and O–H groups in total. The van der Waals surface area contributed by atoms with Crippen molar-refractivity contribution in [2.24, 2.45) is 23.0 Å². The highest BCUT2D eigenvalue weighted by Crippen LogP contribution is 2.75. The maximum atomic E-state index is 12.5. The van der Waals surface area contributed by atoms with Crippen LogP contribution in [0.25, 0.3) is 0 Å². The molecule has 0 radical (unpaired) electrons. The number of amides is 1. The summed E-state index contributed by atoms with van der Waals surface area (Å²) in [5, 5.41) is 0. The predicted octanol–water partition coefficient (Wildman–Crippen LogP) is 3.36. The predicted molar refractivity (Wildman–Crippen MR) is 132 cm³/mol. The van der Waals surface area contributed by atoms with E-state index in [9.17, 15) is 4.79 Å². The van der Waals surface area contributed by atoms with Crippen molar-refractivity contribution in [3.8, 4) is 5.75 Å². The lowest BCUT2D eigenvalue weighted by molar-refractivity contribution is -0.950. The number of nitrogens with zero attached hydrogens (tertiary/aromatic N) is 1. The molecule has 1 amide bonds. The van der Waals surface area contributed by atoms with Crippen LogP contribution >= 0.6 is 0 Å². The van der Waals surface area contributed by atoms with E-state index in [-0.39, 0.29) is 22.9 Å². The van der Waals surface area contributed by atoms with Crippen molar-refractivity contribution in [2.45, 2.75) is 74.7 Å². The third-order valence-corrected chi connectivity index (χ3v) is 11.5. The molecule has 7 unspecified atom stereocenters. The molecule has 1 aromatic rings. The number of carbonyl (C=O) groups excluding carboxylic acids is 1. The Hall–Kier alpha value is -1.89. The van der Waals surface area contributed by atoms with E-state index in [0.29, 0.717) is 11.6 Å². The number of hydrogen-bond donors (Lipinski definition) is 1. The molecule has 1 aromatic carbocycles. The molecule has 8 rings (SSSR count). The SMILES string of the molecule is COC(C)(C)C1CC23C=CC1(OC)C1Oc4c(C(N)=O)ccc5c4C12CC[N+](C)(CC1CC1)C3C5. The number of likely N-dealkylation sites (tertiary alicyclic amines) is 1. The quantitative estimate of drug-likeness (QED) is 0.502. The summed E-state index contributed by atoms with van der Waals surface area (Å²) >= 11 is 0. The number of piperidine rings is 1. The van der Waals surface area contributed by atoms with Gasteiger partial charge in [0.1, 0.15) is 23.5 Å². The summed E-state index contributed by atoms with van der Waals surface area (Å²) in [6.45, 7) is 6.77. The normalized spacial score (nSPS) is 44.2. The van der Waals surface area contributed by atoms with E-state index < -0.39 is 17.1 Å². The van der Waals surface area contributed by atoms with Crippen LogP contribution in [0.3, 0.4) is 0 Å². The van der Waals surface area contributed by atoms with Crippen LogP contribution in [0.15, 0.2) is 24.3 Å².